The standard InChI is InChI=1S/C19H16O3/c20-19(16-10-4-1-5-11-16,21-17-12-6-2-7-13-17)22-18-14-8-3-9-15-18/h1-15,20H. The molecule has 0 fully saturated rings. The molecule has 0 saturated heterocycles. The molecule has 0 unspecified atom stereocenters. The van der Waals surface area contributed by atoms with E-state index in [2.05, 4.69) is 0 Å². The molecule has 0 amide bonds. The van der Waals surface area contributed by atoms with Crippen LogP contribution in [0.3, 0.4) is 0 Å². The summed E-state index contributed by atoms with van der Waals surface area (Å²) in [4.78, 5) is 0. The first-order valence-electron chi connectivity index (χ1n) is 7.02. The van der Waals surface area contributed by atoms with E-state index in [0.29, 0.717) is 17.1 Å². The number of rotatable bonds is 5. The third-order valence-electron chi connectivity index (χ3n) is 3.14. The van der Waals surface area contributed by atoms with Crippen LogP contribution >= 0.6 is 0 Å². The summed E-state index contributed by atoms with van der Waals surface area (Å²) in [6.07, 6.45) is 0. The van der Waals surface area contributed by atoms with Crippen molar-refractivity contribution < 1.29 is 14.6 Å². The maximum Gasteiger partial charge on any atom is 0.399 e. The highest BCUT2D eigenvalue weighted by atomic mass is 16.8. The van der Waals surface area contributed by atoms with E-state index in [4.69, 9.17) is 9.47 Å². The Labute approximate surface area is 129 Å². The second kappa shape index (κ2) is 6.33. The Morgan fingerprint density at radius 3 is 1.32 bits per heavy atom. The minimum atomic E-state index is -1.90. The van der Waals surface area contributed by atoms with Gasteiger partial charge in [0.15, 0.2) is 0 Å². The molecule has 22 heavy (non-hydrogen) atoms. The molecular weight excluding hydrogens is 276 g/mol. The molecular formula is C19H16O3. The van der Waals surface area contributed by atoms with Crippen molar-refractivity contribution in [2.24, 2.45) is 0 Å². The van der Waals surface area contributed by atoms with E-state index in [0.717, 1.165) is 0 Å². The Hall–Kier alpha value is -2.78. The molecule has 3 heteroatoms. The monoisotopic (exact) mass is 292 g/mol. The molecule has 0 radical (unpaired) electrons. The van der Waals surface area contributed by atoms with Crippen LogP contribution in [0.5, 0.6) is 11.5 Å². The summed E-state index contributed by atoms with van der Waals surface area (Å²) in [5.41, 5.74) is 0.516. The highest BCUT2D eigenvalue weighted by molar-refractivity contribution is 5.28. The molecule has 3 aromatic rings. The van der Waals surface area contributed by atoms with Crippen LogP contribution < -0.4 is 9.47 Å². The van der Waals surface area contributed by atoms with E-state index in [1.54, 1.807) is 36.4 Å². The van der Waals surface area contributed by atoms with Gasteiger partial charge < -0.3 is 14.6 Å². The van der Waals surface area contributed by atoms with Crippen LogP contribution in [0.4, 0.5) is 0 Å². The van der Waals surface area contributed by atoms with Crippen molar-refractivity contribution in [3.05, 3.63) is 96.6 Å². The van der Waals surface area contributed by atoms with Gasteiger partial charge in [0.2, 0.25) is 0 Å². The summed E-state index contributed by atoms with van der Waals surface area (Å²) in [6.45, 7) is 0. The Morgan fingerprint density at radius 2 is 0.909 bits per heavy atom. The van der Waals surface area contributed by atoms with Crippen molar-refractivity contribution in [1.82, 2.24) is 0 Å². The fraction of sp³-hybridized carbons (Fsp3) is 0.0526. The number of benzene rings is 3. The van der Waals surface area contributed by atoms with Crippen molar-refractivity contribution in [3.63, 3.8) is 0 Å². The third-order valence-corrected chi connectivity index (χ3v) is 3.14. The minimum absolute atomic E-state index is 0.516. The minimum Gasteiger partial charge on any atom is -0.426 e. The number of aliphatic hydroxyl groups is 1. The molecule has 3 nitrogen and oxygen atoms in total. The molecule has 0 heterocycles. The van der Waals surface area contributed by atoms with Crippen molar-refractivity contribution in [3.8, 4) is 11.5 Å². The van der Waals surface area contributed by atoms with Crippen LogP contribution in [0.2, 0.25) is 0 Å². The van der Waals surface area contributed by atoms with E-state index in [1.807, 2.05) is 54.6 Å². The van der Waals surface area contributed by atoms with Gasteiger partial charge in [-0.15, -0.1) is 0 Å². The lowest BCUT2D eigenvalue weighted by molar-refractivity contribution is -0.284. The van der Waals surface area contributed by atoms with Gasteiger partial charge in [0.1, 0.15) is 11.5 Å². The lowest BCUT2D eigenvalue weighted by atomic mass is 10.2. The Bertz CT molecular complexity index is 655. The highest BCUT2D eigenvalue weighted by Gasteiger charge is 2.35. The van der Waals surface area contributed by atoms with Gasteiger partial charge in [0.25, 0.3) is 0 Å². The van der Waals surface area contributed by atoms with Crippen LogP contribution in [0.25, 0.3) is 0 Å². The second-order valence-corrected chi connectivity index (χ2v) is 4.78. The van der Waals surface area contributed by atoms with Crippen LogP contribution in [0.1, 0.15) is 5.56 Å². The first-order chi connectivity index (χ1) is 10.8. The summed E-state index contributed by atoms with van der Waals surface area (Å²) in [5, 5.41) is 10.9. The topological polar surface area (TPSA) is 38.7 Å². The molecule has 110 valence electrons. The first kappa shape index (κ1) is 14.2. The lowest BCUT2D eigenvalue weighted by Crippen LogP contribution is -2.39. The van der Waals surface area contributed by atoms with Gasteiger partial charge in [-0.3, -0.25) is 0 Å². The van der Waals surface area contributed by atoms with Gasteiger partial charge >= 0.3 is 5.97 Å². The summed E-state index contributed by atoms with van der Waals surface area (Å²) >= 11 is 0. The van der Waals surface area contributed by atoms with Gasteiger partial charge in [-0.1, -0.05) is 54.6 Å². The smallest absolute Gasteiger partial charge is 0.399 e. The van der Waals surface area contributed by atoms with Gasteiger partial charge in [0.05, 0.1) is 5.56 Å². The quantitative estimate of drug-likeness (QED) is 0.724. The molecule has 0 bridgehead atoms. The molecule has 0 aliphatic carbocycles. The zero-order chi connectivity index (χ0) is 15.3. The Balaban J connectivity index is 1.95. The summed E-state index contributed by atoms with van der Waals surface area (Å²) in [6, 6.07) is 27.2. The number of para-hydroxylation sites is 2. The number of hydrogen-bond donors (Lipinski definition) is 1. The molecule has 1 N–H and O–H groups in total. The Kier molecular flexibility index (Phi) is 4.08. The Morgan fingerprint density at radius 1 is 0.545 bits per heavy atom. The maximum atomic E-state index is 10.9. The normalized spacial score (nSPS) is 11.0. The van der Waals surface area contributed by atoms with E-state index in [9.17, 15) is 5.11 Å². The predicted molar refractivity (Wildman–Crippen MR) is 84.5 cm³/mol. The zero-order valence-electron chi connectivity index (χ0n) is 11.9. The van der Waals surface area contributed by atoms with Gasteiger partial charge in [-0.2, -0.15) is 0 Å². The zero-order valence-corrected chi connectivity index (χ0v) is 11.9. The summed E-state index contributed by atoms with van der Waals surface area (Å²) < 4.78 is 11.5. The largest absolute Gasteiger partial charge is 0.426 e. The van der Waals surface area contributed by atoms with Crippen molar-refractivity contribution >= 4 is 0 Å². The number of hydrogen-bond acceptors (Lipinski definition) is 3. The summed E-state index contributed by atoms with van der Waals surface area (Å²) in [5.74, 6) is -0.862. The van der Waals surface area contributed by atoms with E-state index < -0.39 is 5.97 Å². The molecule has 0 atom stereocenters. The first-order valence-corrected chi connectivity index (χ1v) is 7.02. The van der Waals surface area contributed by atoms with Crippen molar-refractivity contribution in [1.29, 1.82) is 0 Å². The van der Waals surface area contributed by atoms with E-state index in [-0.39, 0.29) is 0 Å². The maximum absolute atomic E-state index is 10.9. The summed E-state index contributed by atoms with van der Waals surface area (Å²) in [7, 11) is 0. The molecule has 0 aliphatic heterocycles. The van der Waals surface area contributed by atoms with Crippen LogP contribution in [-0.2, 0) is 5.97 Å². The van der Waals surface area contributed by atoms with Gasteiger partial charge in [0, 0.05) is 0 Å². The lowest BCUT2D eigenvalue weighted by Gasteiger charge is -2.29. The fourth-order valence-corrected chi connectivity index (χ4v) is 2.08. The third kappa shape index (κ3) is 3.27. The fourth-order valence-electron chi connectivity index (χ4n) is 2.08. The van der Waals surface area contributed by atoms with Gasteiger partial charge in [-0.05, 0) is 36.4 Å². The van der Waals surface area contributed by atoms with Crippen LogP contribution in [0, 0.1) is 0 Å². The molecule has 0 aliphatic rings. The second-order valence-electron chi connectivity index (χ2n) is 4.78. The average molecular weight is 292 g/mol. The molecule has 0 aromatic heterocycles. The van der Waals surface area contributed by atoms with Crippen molar-refractivity contribution in [2.75, 3.05) is 0 Å². The predicted octanol–water partition coefficient (Wildman–Crippen LogP) is 3.95. The molecule has 0 spiro atoms. The van der Waals surface area contributed by atoms with Crippen LogP contribution in [-0.4, -0.2) is 5.11 Å². The molecule has 3 aromatic carbocycles. The number of ether oxygens (including phenoxy) is 2. The molecule has 3 rings (SSSR count). The molecule has 0 saturated carbocycles. The van der Waals surface area contributed by atoms with E-state index >= 15 is 0 Å². The highest BCUT2D eigenvalue weighted by Crippen LogP contribution is 2.29. The van der Waals surface area contributed by atoms with Crippen LogP contribution in [0.15, 0.2) is 91.0 Å². The van der Waals surface area contributed by atoms with Gasteiger partial charge in [-0.25, -0.2) is 0 Å². The van der Waals surface area contributed by atoms with Crippen molar-refractivity contribution in [2.45, 2.75) is 5.97 Å². The average Bonchev–Trinajstić information content (AvgIpc) is 2.57. The SMILES string of the molecule is OC(Oc1ccccc1)(Oc1ccccc1)c1ccccc1. The van der Waals surface area contributed by atoms with E-state index in [1.165, 1.54) is 0 Å².